The minimum absolute atomic E-state index is 0.151. The van der Waals surface area contributed by atoms with Crippen molar-refractivity contribution in [2.45, 2.75) is 33.1 Å². The van der Waals surface area contributed by atoms with Crippen molar-refractivity contribution in [1.29, 1.82) is 0 Å². The van der Waals surface area contributed by atoms with E-state index in [1.165, 1.54) is 0 Å². The van der Waals surface area contributed by atoms with E-state index in [4.69, 9.17) is 20.9 Å². The van der Waals surface area contributed by atoms with Crippen LogP contribution < -0.4 is 10.6 Å². The lowest BCUT2D eigenvalue weighted by atomic mass is 10.2. The van der Waals surface area contributed by atoms with Gasteiger partial charge in [0.2, 0.25) is 17.6 Å². The van der Waals surface area contributed by atoms with Gasteiger partial charge in [0.05, 0.1) is 6.61 Å². The van der Waals surface area contributed by atoms with Crippen molar-refractivity contribution in [1.82, 2.24) is 10.1 Å². The van der Waals surface area contributed by atoms with Gasteiger partial charge in [0.25, 0.3) is 0 Å². The average molecular weight is 457 g/mol. The molecular formula is C23H25ClN4O4. The van der Waals surface area contributed by atoms with Crippen LogP contribution in [0.15, 0.2) is 53.1 Å². The fraction of sp³-hybridized carbons (Fsp3) is 0.304. The third kappa shape index (κ3) is 7.39. The van der Waals surface area contributed by atoms with E-state index in [-0.39, 0.29) is 18.2 Å². The molecule has 0 aliphatic heterocycles. The van der Waals surface area contributed by atoms with Gasteiger partial charge in [-0.25, -0.2) is 4.79 Å². The number of aromatic nitrogens is 2. The van der Waals surface area contributed by atoms with Gasteiger partial charge in [0, 0.05) is 34.8 Å². The Labute approximate surface area is 191 Å². The molecule has 2 N–H and O–H groups in total. The van der Waals surface area contributed by atoms with Crippen LogP contribution in [0, 0.1) is 5.92 Å². The molecule has 8 nitrogen and oxygen atoms in total. The minimum atomic E-state index is -0.528. The van der Waals surface area contributed by atoms with Gasteiger partial charge in [-0.15, -0.1) is 0 Å². The Morgan fingerprint density at radius 3 is 2.53 bits per heavy atom. The SMILES string of the molecule is CC(C)COC(=O)Nc1cccc(NC(=O)CCCc2nc(-c3ccc(Cl)cc3)no2)c1. The zero-order chi connectivity index (χ0) is 22.9. The maximum Gasteiger partial charge on any atom is 0.411 e. The van der Waals surface area contributed by atoms with Crippen molar-refractivity contribution >= 4 is 35.0 Å². The molecule has 0 aliphatic rings. The fourth-order valence-corrected chi connectivity index (χ4v) is 2.89. The first-order chi connectivity index (χ1) is 15.4. The predicted octanol–water partition coefficient (Wildman–Crippen LogP) is 5.56. The lowest BCUT2D eigenvalue weighted by Crippen LogP contribution is -2.17. The van der Waals surface area contributed by atoms with E-state index in [1.807, 2.05) is 26.0 Å². The van der Waals surface area contributed by atoms with Crippen LogP contribution in [-0.4, -0.2) is 28.7 Å². The van der Waals surface area contributed by atoms with Crippen molar-refractivity contribution in [2.75, 3.05) is 17.2 Å². The highest BCUT2D eigenvalue weighted by Gasteiger charge is 2.11. The number of rotatable bonds is 9. The lowest BCUT2D eigenvalue weighted by molar-refractivity contribution is -0.116. The summed E-state index contributed by atoms with van der Waals surface area (Å²) in [6, 6.07) is 14.0. The van der Waals surface area contributed by atoms with E-state index >= 15 is 0 Å². The second-order valence-electron chi connectivity index (χ2n) is 7.62. The number of carbonyl (C=O) groups excluding carboxylic acids is 2. The Kier molecular flexibility index (Phi) is 8.21. The molecule has 0 bridgehead atoms. The van der Waals surface area contributed by atoms with Gasteiger partial charge in [-0.05, 0) is 54.8 Å². The highest BCUT2D eigenvalue weighted by molar-refractivity contribution is 6.30. The van der Waals surface area contributed by atoms with E-state index in [1.54, 1.807) is 36.4 Å². The van der Waals surface area contributed by atoms with E-state index < -0.39 is 6.09 Å². The molecule has 0 spiro atoms. The van der Waals surface area contributed by atoms with Crippen LogP contribution in [0.3, 0.4) is 0 Å². The summed E-state index contributed by atoms with van der Waals surface area (Å²) in [5, 5.41) is 10.1. The van der Waals surface area contributed by atoms with Gasteiger partial charge < -0.3 is 14.6 Å². The molecule has 0 fully saturated rings. The van der Waals surface area contributed by atoms with E-state index in [0.29, 0.717) is 47.6 Å². The molecule has 2 amide bonds. The quantitative estimate of drug-likeness (QED) is 0.436. The summed E-state index contributed by atoms with van der Waals surface area (Å²) < 4.78 is 10.4. The van der Waals surface area contributed by atoms with Gasteiger partial charge in [-0.2, -0.15) is 4.98 Å². The maximum atomic E-state index is 12.3. The second kappa shape index (κ2) is 11.3. The molecule has 0 saturated heterocycles. The molecule has 3 aromatic rings. The lowest BCUT2D eigenvalue weighted by Gasteiger charge is -2.10. The number of aryl methyl sites for hydroxylation is 1. The summed E-state index contributed by atoms with van der Waals surface area (Å²) in [7, 11) is 0. The van der Waals surface area contributed by atoms with Gasteiger partial charge in [-0.1, -0.05) is 36.7 Å². The third-order valence-electron chi connectivity index (χ3n) is 4.31. The maximum absolute atomic E-state index is 12.3. The third-order valence-corrected chi connectivity index (χ3v) is 4.56. The van der Waals surface area contributed by atoms with Crippen molar-refractivity contribution < 1.29 is 18.8 Å². The number of anilines is 2. The first-order valence-electron chi connectivity index (χ1n) is 10.3. The molecule has 0 saturated carbocycles. The Hall–Kier alpha value is -3.39. The van der Waals surface area contributed by atoms with Crippen LogP contribution in [0.2, 0.25) is 5.02 Å². The number of amides is 2. The molecule has 2 aromatic carbocycles. The number of carbonyl (C=O) groups is 2. The highest BCUT2D eigenvalue weighted by Crippen LogP contribution is 2.19. The normalized spacial score (nSPS) is 10.8. The smallest absolute Gasteiger partial charge is 0.411 e. The topological polar surface area (TPSA) is 106 Å². The summed E-state index contributed by atoms with van der Waals surface area (Å²) in [5.41, 5.74) is 1.93. The zero-order valence-corrected chi connectivity index (χ0v) is 18.7. The van der Waals surface area contributed by atoms with Gasteiger partial charge in [0.1, 0.15) is 0 Å². The fourth-order valence-electron chi connectivity index (χ4n) is 2.77. The van der Waals surface area contributed by atoms with Crippen molar-refractivity contribution in [3.63, 3.8) is 0 Å². The second-order valence-corrected chi connectivity index (χ2v) is 8.05. The van der Waals surface area contributed by atoms with E-state index in [2.05, 4.69) is 20.8 Å². The summed E-state index contributed by atoms with van der Waals surface area (Å²) in [4.78, 5) is 28.4. The van der Waals surface area contributed by atoms with Crippen molar-refractivity contribution in [3.05, 3.63) is 59.4 Å². The molecule has 168 valence electrons. The molecule has 32 heavy (non-hydrogen) atoms. The van der Waals surface area contributed by atoms with Crippen LogP contribution in [0.4, 0.5) is 16.2 Å². The zero-order valence-electron chi connectivity index (χ0n) is 17.9. The summed E-state index contributed by atoms with van der Waals surface area (Å²) in [5.74, 6) is 1.05. The van der Waals surface area contributed by atoms with Crippen LogP contribution in [0.25, 0.3) is 11.4 Å². The Bertz CT molecular complexity index is 1050. The summed E-state index contributed by atoms with van der Waals surface area (Å²) in [6.07, 6.45) is 0.789. The monoisotopic (exact) mass is 456 g/mol. The Balaban J connectivity index is 1.44. The summed E-state index contributed by atoms with van der Waals surface area (Å²) >= 11 is 5.89. The molecule has 0 unspecified atom stereocenters. The highest BCUT2D eigenvalue weighted by atomic mass is 35.5. The number of halogens is 1. The summed E-state index contributed by atoms with van der Waals surface area (Å²) in [6.45, 7) is 4.25. The Morgan fingerprint density at radius 2 is 1.81 bits per heavy atom. The molecule has 0 aliphatic carbocycles. The van der Waals surface area contributed by atoms with Crippen molar-refractivity contribution in [2.24, 2.45) is 5.92 Å². The number of nitrogens with zero attached hydrogens (tertiary/aromatic N) is 2. The molecule has 1 heterocycles. The number of ether oxygens (including phenoxy) is 1. The largest absolute Gasteiger partial charge is 0.449 e. The molecule has 0 atom stereocenters. The molecule has 3 rings (SSSR count). The predicted molar refractivity (Wildman–Crippen MR) is 123 cm³/mol. The number of benzene rings is 2. The molecular weight excluding hydrogens is 432 g/mol. The van der Waals surface area contributed by atoms with Crippen LogP contribution >= 0.6 is 11.6 Å². The van der Waals surface area contributed by atoms with Crippen LogP contribution in [0.1, 0.15) is 32.6 Å². The number of hydrogen-bond acceptors (Lipinski definition) is 6. The van der Waals surface area contributed by atoms with Gasteiger partial charge >= 0.3 is 6.09 Å². The van der Waals surface area contributed by atoms with E-state index in [0.717, 1.165) is 5.56 Å². The van der Waals surface area contributed by atoms with Gasteiger partial charge in [-0.3, -0.25) is 10.1 Å². The van der Waals surface area contributed by atoms with E-state index in [9.17, 15) is 9.59 Å². The van der Waals surface area contributed by atoms with Crippen LogP contribution in [0.5, 0.6) is 0 Å². The molecule has 9 heteroatoms. The first kappa shape index (κ1) is 23.3. The average Bonchev–Trinajstić information content (AvgIpc) is 3.22. The number of hydrogen-bond donors (Lipinski definition) is 2. The first-order valence-corrected chi connectivity index (χ1v) is 10.7. The Morgan fingerprint density at radius 1 is 1.09 bits per heavy atom. The van der Waals surface area contributed by atoms with Gasteiger partial charge in [0.15, 0.2) is 0 Å². The molecule has 0 radical (unpaired) electrons. The minimum Gasteiger partial charge on any atom is -0.449 e. The van der Waals surface area contributed by atoms with Crippen molar-refractivity contribution in [3.8, 4) is 11.4 Å². The molecule has 1 aromatic heterocycles. The standard InChI is InChI=1S/C23H25ClN4O4/c1-15(2)14-31-23(30)26-19-6-3-5-18(13-19)25-20(29)7-4-8-21-27-22(28-32-21)16-9-11-17(24)12-10-16/h3,5-6,9-13,15H,4,7-8,14H2,1-2H3,(H,25,29)(H,26,30). The van der Waals surface area contributed by atoms with Crippen LogP contribution in [-0.2, 0) is 16.0 Å². The number of nitrogens with one attached hydrogen (secondary N) is 2.